The summed E-state index contributed by atoms with van der Waals surface area (Å²) in [5.74, 6) is -1.26. The minimum Gasteiger partial charge on any atom is -0.451 e. The maximum atomic E-state index is 13.7. The van der Waals surface area contributed by atoms with Crippen LogP contribution in [0.25, 0.3) is 0 Å². The van der Waals surface area contributed by atoms with Crippen LogP contribution in [0.5, 0.6) is 0 Å². The molecule has 2 aliphatic heterocycles. The molecular weight excluding hydrogens is 484 g/mol. The Balaban J connectivity index is 1.37. The Kier molecular flexibility index (Phi) is 6.77. The molecule has 2 saturated heterocycles. The molecule has 192 valence electrons. The summed E-state index contributed by atoms with van der Waals surface area (Å²) in [6, 6.07) is 26.1. The van der Waals surface area contributed by atoms with Gasteiger partial charge in [-0.05, 0) is 42.7 Å². The summed E-state index contributed by atoms with van der Waals surface area (Å²) in [5, 5.41) is 10.8. The van der Waals surface area contributed by atoms with Crippen molar-refractivity contribution < 1.29 is 19.4 Å². The van der Waals surface area contributed by atoms with Crippen molar-refractivity contribution in [2.75, 3.05) is 19.0 Å². The van der Waals surface area contributed by atoms with Gasteiger partial charge in [-0.25, -0.2) is 4.79 Å². The van der Waals surface area contributed by atoms with E-state index in [9.17, 15) is 14.7 Å². The first-order valence-electron chi connectivity index (χ1n) is 12.4. The van der Waals surface area contributed by atoms with E-state index in [1.54, 1.807) is 16.7 Å². The van der Waals surface area contributed by atoms with Crippen molar-refractivity contribution in [3.05, 3.63) is 102 Å². The molecular formula is C30H32N2O4S. The largest absolute Gasteiger partial charge is 0.451 e. The van der Waals surface area contributed by atoms with Crippen LogP contribution < -0.4 is 4.90 Å². The first kappa shape index (κ1) is 25.4. The number of thioether (sulfide) groups is 1. The Morgan fingerprint density at radius 2 is 1.46 bits per heavy atom. The lowest BCUT2D eigenvalue weighted by Crippen LogP contribution is -2.64. The highest BCUT2D eigenvalue weighted by Gasteiger charge is 2.65. The molecule has 7 heteroatoms. The molecule has 5 rings (SSSR count). The molecule has 0 aromatic heterocycles. The van der Waals surface area contributed by atoms with Gasteiger partial charge in [0, 0.05) is 24.5 Å². The van der Waals surface area contributed by atoms with Crippen molar-refractivity contribution >= 4 is 29.3 Å². The van der Waals surface area contributed by atoms with Crippen molar-refractivity contribution in [1.29, 1.82) is 0 Å². The molecule has 0 radical (unpaired) electrons. The molecule has 3 aromatic rings. The summed E-state index contributed by atoms with van der Waals surface area (Å²) in [7, 11) is 3.91. The molecule has 2 unspecified atom stereocenters. The highest BCUT2D eigenvalue weighted by molar-refractivity contribution is 8.01. The molecule has 2 fully saturated rings. The summed E-state index contributed by atoms with van der Waals surface area (Å²) in [6.45, 7) is 3.93. The number of carbonyl (C=O) groups excluding carboxylic acids is 2. The monoisotopic (exact) mass is 516 g/mol. The van der Waals surface area contributed by atoms with E-state index in [4.69, 9.17) is 4.74 Å². The van der Waals surface area contributed by atoms with Gasteiger partial charge in [0.15, 0.2) is 6.10 Å². The molecule has 4 atom stereocenters. The van der Waals surface area contributed by atoms with E-state index in [0.717, 1.165) is 16.8 Å². The maximum absolute atomic E-state index is 13.7. The zero-order valence-electron chi connectivity index (χ0n) is 21.4. The van der Waals surface area contributed by atoms with Gasteiger partial charge in [-0.1, -0.05) is 72.8 Å². The van der Waals surface area contributed by atoms with Crippen molar-refractivity contribution in [1.82, 2.24) is 4.90 Å². The number of fused-ring (bicyclic) bond motifs is 1. The van der Waals surface area contributed by atoms with Gasteiger partial charge < -0.3 is 19.6 Å². The lowest BCUT2D eigenvalue weighted by molar-refractivity contribution is -0.173. The summed E-state index contributed by atoms with van der Waals surface area (Å²) in [5.41, 5.74) is 3.45. The van der Waals surface area contributed by atoms with Crippen molar-refractivity contribution in [2.45, 2.75) is 42.2 Å². The Labute approximate surface area is 222 Å². The molecule has 0 saturated carbocycles. The van der Waals surface area contributed by atoms with Crippen LogP contribution in [0.4, 0.5) is 5.69 Å². The van der Waals surface area contributed by atoms with Gasteiger partial charge in [0.2, 0.25) is 5.91 Å². The van der Waals surface area contributed by atoms with E-state index >= 15 is 0 Å². The Bertz CT molecular complexity index is 1220. The molecule has 0 bridgehead atoms. The second-order valence-corrected chi connectivity index (χ2v) is 12.1. The van der Waals surface area contributed by atoms with Crippen LogP contribution >= 0.6 is 11.8 Å². The van der Waals surface area contributed by atoms with Crippen LogP contribution in [0.3, 0.4) is 0 Å². The Morgan fingerprint density at radius 1 is 0.919 bits per heavy atom. The second kappa shape index (κ2) is 9.88. The van der Waals surface area contributed by atoms with Crippen molar-refractivity contribution in [2.24, 2.45) is 5.92 Å². The number of β-lactam (4-membered cyclic amide) rings is 1. The predicted octanol–water partition coefficient (Wildman–Crippen LogP) is 4.80. The summed E-state index contributed by atoms with van der Waals surface area (Å²) in [6.07, 6.45) is -1.52. The van der Waals surface area contributed by atoms with Gasteiger partial charge in [-0.2, -0.15) is 0 Å². The number of rotatable bonds is 7. The molecule has 0 aliphatic carbocycles. The van der Waals surface area contributed by atoms with E-state index in [1.807, 2.05) is 118 Å². The first-order valence-corrected chi connectivity index (χ1v) is 13.3. The minimum atomic E-state index is -0.940. The fraction of sp³-hybridized carbons (Fsp3) is 0.333. The maximum Gasteiger partial charge on any atom is 0.331 e. The van der Waals surface area contributed by atoms with E-state index in [1.165, 1.54) is 0 Å². The summed E-state index contributed by atoms with van der Waals surface area (Å²) >= 11 is 1.55. The number of anilines is 1. The Morgan fingerprint density at radius 3 is 1.97 bits per heavy atom. The van der Waals surface area contributed by atoms with Crippen LogP contribution in [0, 0.1) is 5.92 Å². The van der Waals surface area contributed by atoms with E-state index in [2.05, 4.69) is 0 Å². The van der Waals surface area contributed by atoms with E-state index < -0.39 is 34.9 Å². The van der Waals surface area contributed by atoms with Gasteiger partial charge in [0.05, 0.1) is 17.4 Å². The number of aliphatic hydroxyl groups excluding tert-OH is 1. The number of hydrogen-bond acceptors (Lipinski definition) is 6. The number of esters is 1. The molecule has 1 N–H and O–H groups in total. The number of carbonyl (C=O) groups is 2. The average molecular weight is 517 g/mol. The molecule has 0 spiro atoms. The molecule has 3 aromatic carbocycles. The second-order valence-electron chi connectivity index (χ2n) is 10.4. The van der Waals surface area contributed by atoms with Crippen molar-refractivity contribution in [3.8, 4) is 0 Å². The van der Waals surface area contributed by atoms with Gasteiger partial charge in [-0.15, -0.1) is 11.8 Å². The summed E-state index contributed by atoms with van der Waals surface area (Å²) < 4.78 is 5.57. The van der Waals surface area contributed by atoms with E-state index in [-0.39, 0.29) is 11.3 Å². The molecule has 6 nitrogen and oxygen atoms in total. The number of aliphatic hydroxyl groups is 1. The third-order valence-electron chi connectivity index (χ3n) is 7.24. The zero-order chi connectivity index (χ0) is 26.3. The number of hydrogen-bond donors (Lipinski definition) is 1. The third kappa shape index (κ3) is 4.62. The number of benzene rings is 3. The fourth-order valence-corrected chi connectivity index (χ4v) is 6.97. The normalized spacial score (nSPS) is 22.8. The van der Waals surface area contributed by atoms with Gasteiger partial charge in [0.1, 0.15) is 6.04 Å². The minimum absolute atomic E-state index is 0.217. The van der Waals surface area contributed by atoms with Gasteiger partial charge in [-0.3, -0.25) is 4.79 Å². The molecule has 37 heavy (non-hydrogen) atoms. The number of nitrogens with zero attached hydrogens (tertiary/aromatic N) is 2. The lowest BCUT2D eigenvalue weighted by Gasteiger charge is -2.46. The highest BCUT2D eigenvalue weighted by atomic mass is 32.2. The molecule has 2 heterocycles. The number of amides is 1. The van der Waals surface area contributed by atoms with Crippen LogP contribution in [-0.2, 0) is 14.3 Å². The topological polar surface area (TPSA) is 70.1 Å². The Hall–Kier alpha value is -3.29. The quantitative estimate of drug-likeness (QED) is 0.360. The van der Waals surface area contributed by atoms with Gasteiger partial charge in [0.25, 0.3) is 0 Å². The fourth-order valence-electron chi connectivity index (χ4n) is 5.26. The van der Waals surface area contributed by atoms with E-state index in [0.29, 0.717) is 5.56 Å². The van der Waals surface area contributed by atoms with Crippen LogP contribution in [0.15, 0.2) is 84.9 Å². The third-order valence-corrected chi connectivity index (χ3v) is 8.83. The van der Waals surface area contributed by atoms with Crippen molar-refractivity contribution in [3.63, 3.8) is 0 Å². The zero-order valence-corrected chi connectivity index (χ0v) is 22.3. The van der Waals surface area contributed by atoms with Crippen LogP contribution in [-0.4, -0.2) is 52.1 Å². The SMILES string of the molecule is CN(C)c1ccc(C(O)C2C(=O)N3[C@@H]2SC(C)(C)[C@@H]3C(=O)OC(c2ccccc2)c2ccccc2)cc1. The van der Waals surface area contributed by atoms with Gasteiger partial charge >= 0.3 is 5.97 Å². The summed E-state index contributed by atoms with van der Waals surface area (Å²) in [4.78, 5) is 30.7. The van der Waals surface area contributed by atoms with Crippen LogP contribution in [0.1, 0.15) is 42.7 Å². The average Bonchev–Trinajstić information content (AvgIpc) is 3.15. The smallest absolute Gasteiger partial charge is 0.331 e. The standard InChI is InChI=1S/C30H32N2O4S/c1-30(2)26(29(35)36-25(20-11-7-5-8-12-20)21-13-9-6-10-14-21)32-27(34)23(28(32)37-30)24(33)19-15-17-22(18-16-19)31(3)4/h5-18,23-26,28,33H,1-4H3/t23?,24?,26-,28+/m0/s1. The van der Waals surface area contributed by atoms with Crippen LogP contribution in [0.2, 0.25) is 0 Å². The molecule has 1 amide bonds. The first-order chi connectivity index (χ1) is 17.7. The number of ether oxygens (including phenoxy) is 1. The highest BCUT2D eigenvalue weighted by Crippen LogP contribution is 2.56. The molecule has 2 aliphatic rings. The lowest BCUT2D eigenvalue weighted by atomic mass is 9.85. The predicted molar refractivity (Wildman–Crippen MR) is 146 cm³/mol.